The number of methoxy groups -OCH3 is 1. The maximum Gasteiger partial charge on any atom is 0.358 e. The van der Waals surface area contributed by atoms with Crippen LogP contribution in [-0.2, 0) is 16.1 Å². The highest BCUT2D eigenvalue weighted by Crippen LogP contribution is 2.25. The molecule has 1 heterocycles. The minimum Gasteiger partial charge on any atom is -0.464 e. The van der Waals surface area contributed by atoms with Gasteiger partial charge < -0.3 is 15.4 Å². The van der Waals surface area contributed by atoms with Gasteiger partial charge in [0.25, 0.3) is 0 Å². The molecule has 0 saturated carbocycles. The average Bonchev–Trinajstić information content (AvgIpc) is 2.55. The second-order valence-electron chi connectivity index (χ2n) is 4.48. The molecule has 2 N–H and O–H groups in total. The van der Waals surface area contributed by atoms with Crippen LogP contribution in [0.1, 0.15) is 16.1 Å². The largest absolute Gasteiger partial charge is 0.464 e. The van der Waals surface area contributed by atoms with Crippen LogP contribution in [0.4, 0.5) is 15.8 Å². The summed E-state index contributed by atoms with van der Waals surface area (Å²) in [5.41, 5.74) is 1.12. The molecule has 0 atom stereocenters. The third kappa shape index (κ3) is 4.26. The SMILES string of the molecule is COC(=O)c1ncc(CNC=O)cc1Nc1ccc(Br)cc1F. The summed E-state index contributed by atoms with van der Waals surface area (Å²) in [7, 11) is 1.23. The average molecular weight is 382 g/mol. The van der Waals surface area contributed by atoms with E-state index >= 15 is 0 Å². The monoisotopic (exact) mass is 381 g/mol. The van der Waals surface area contributed by atoms with Crippen LogP contribution in [-0.4, -0.2) is 24.5 Å². The number of hydrogen-bond acceptors (Lipinski definition) is 5. The van der Waals surface area contributed by atoms with E-state index in [1.165, 1.54) is 25.4 Å². The Labute approximate surface area is 140 Å². The lowest BCUT2D eigenvalue weighted by Gasteiger charge is -2.12. The number of pyridine rings is 1. The van der Waals surface area contributed by atoms with Crippen molar-refractivity contribution in [3.8, 4) is 0 Å². The van der Waals surface area contributed by atoms with Gasteiger partial charge in [0.1, 0.15) is 5.82 Å². The van der Waals surface area contributed by atoms with Gasteiger partial charge in [-0.1, -0.05) is 15.9 Å². The summed E-state index contributed by atoms with van der Waals surface area (Å²) < 4.78 is 19.2. The Morgan fingerprint density at radius 2 is 2.17 bits per heavy atom. The molecule has 23 heavy (non-hydrogen) atoms. The quantitative estimate of drug-likeness (QED) is 0.593. The zero-order valence-corrected chi connectivity index (χ0v) is 13.7. The molecule has 120 valence electrons. The van der Waals surface area contributed by atoms with Gasteiger partial charge in [-0.3, -0.25) is 4.79 Å². The van der Waals surface area contributed by atoms with Gasteiger partial charge in [-0.2, -0.15) is 0 Å². The van der Waals surface area contributed by atoms with E-state index in [9.17, 15) is 14.0 Å². The Morgan fingerprint density at radius 1 is 1.39 bits per heavy atom. The first-order valence-corrected chi connectivity index (χ1v) is 7.30. The van der Waals surface area contributed by atoms with Gasteiger partial charge in [0.15, 0.2) is 5.69 Å². The summed E-state index contributed by atoms with van der Waals surface area (Å²) in [6, 6.07) is 6.08. The number of carbonyl (C=O) groups excluding carboxylic acids is 2. The zero-order chi connectivity index (χ0) is 16.8. The van der Waals surface area contributed by atoms with E-state index in [2.05, 4.69) is 36.3 Å². The van der Waals surface area contributed by atoms with Gasteiger partial charge in [-0.25, -0.2) is 14.2 Å². The molecule has 1 aromatic heterocycles. The maximum atomic E-state index is 14.0. The number of anilines is 2. The predicted molar refractivity (Wildman–Crippen MR) is 85.9 cm³/mol. The first kappa shape index (κ1) is 16.9. The number of benzene rings is 1. The lowest BCUT2D eigenvalue weighted by molar-refractivity contribution is -0.109. The van der Waals surface area contributed by atoms with E-state index in [1.807, 2.05) is 0 Å². The van der Waals surface area contributed by atoms with Crippen LogP contribution in [0, 0.1) is 5.82 Å². The number of aromatic nitrogens is 1. The van der Waals surface area contributed by atoms with Crippen molar-refractivity contribution in [2.45, 2.75) is 6.54 Å². The molecule has 1 amide bonds. The predicted octanol–water partition coefficient (Wildman–Crippen LogP) is 2.76. The molecule has 0 aliphatic rings. The Balaban J connectivity index is 2.39. The molecule has 0 bridgehead atoms. The van der Waals surface area contributed by atoms with Crippen molar-refractivity contribution in [3.63, 3.8) is 0 Å². The number of halogens is 2. The highest BCUT2D eigenvalue weighted by atomic mass is 79.9. The third-order valence-electron chi connectivity index (χ3n) is 2.91. The minimum atomic E-state index is -0.653. The van der Waals surface area contributed by atoms with Crippen LogP contribution in [0.3, 0.4) is 0 Å². The summed E-state index contributed by atoms with van der Waals surface area (Å²) in [5.74, 6) is -1.15. The van der Waals surface area contributed by atoms with Crippen molar-refractivity contribution in [1.29, 1.82) is 0 Å². The van der Waals surface area contributed by atoms with Gasteiger partial charge >= 0.3 is 5.97 Å². The van der Waals surface area contributed by atoms with E-state index in [-0.39, 0.29) is 23.6 Å². The number of nitrogens with one attached hydrogen (secondary N) is 2. The Hall–Kier alpha value is -2.48. The molecule has 6 nitrogen and oxygen atoms in total. The van der Waals surface area contributed by atoms with Crippen LogP contribution >= 0.6 is 15.9 Å². The number of carbonyl (C=O) groups is 2. The molecule has 0 fully saturated rings. The summed E-state index contributed by atoms with van der Waals surface area (Å²) in [6.45, 7) is 0.232. The minimum absolute atomic E-state index is 0.0182. The molecule has 0 saturated heterocycles. The third-order valence-corrected chi connectivity index (χ3v) is 3.41. The number of amides is 1. The fourth-order valence-electron chi connectivity index (χ4n) is 1.85. The molecule has 8 heteroatoms. The Morgan fingerprint density at radius 3 is 2.83 bits per heavy atom. The highest BCUT2D eigenvalue weighted by Gasteiger charge is 2.16. The summed E-state index contributed by atoms with van der Waals surface area (Å²) >= 11 is 3.18. The molecular formula is C15H13BrFN3O3. The van der Waals surface area contributed by atoms with Crippen LogP contribution in [0.2, 0.25) is 0 Å². The second kappa shape index (κ2) is 7.68. The van der Waals surface area contributed by atoms with Crippen LogP contribution in [0.25, 0.3) is 0 Å². The standard InChI is InChI=1S/C15H13BrFN3O3/c1-23-15(22)14-13(4-9(7-19-14)6-18-8-21)20-12-3-2-10(16)5-11(12)17/h2-5,7-8,20H,6H2,1H3,(H,18,21). The topological polar surface area (TPSA) is 80.3 Å². The van der Waals surface area contributed by atoms with E-state index in [0.717, 1.165) is 0 Å². The van der Waals surface area contributed by atoms with Crippen molar-refractivity contribution in [3.05, 3.63) is 52.0 Å². The number of hydrogen-bond donors (Lipinski definition) is 2. The number of nitrogens with zero attached hydrogens (tertiary/aromatic N) is 1. The first-order chi connectivity index (χ1) is 11.0. The van der Waals surface area contributed by atoms with E-state index in [1.54, 1.807) is 12.1 Å². The number of rotatable bonds is 6. The molecule has 0 unspecified atom stereocenters. The smallest absolute Gasteiger partial charge is 0.358 e. The van der Waals surface area contributed by atoms with Gasteiger partial charge in [0.2, 0.25) is 6.41 Å². The first-order valence-electron chi connectivity index (χ1n) is 6.51. The molecule has 0 spiro atoms. The maximum absolute atomic E-state index is 14.0. The van der Waals surface area contributed by atoms with Crippen molar-refractivity contribution >= 4 is 39.7 Å². The molecule has 2 rings (SSSR count). The highest BCUT2D eigenvalue weighted by molar-refractivity contribution is 9.10. The lowest BCUT2D eigenvalue weighted by Crippen LogP contribution is -2.13. The zero-order valence-electron chi connectivity index (χ0n) is 12.1. The van der Waals surface area contributed by atoms with Crippen LogP contribution < -0.4 is 10.6 Å². The number of esters is 1. The summed E-state index contributed by atoms with van der Waals surface area (Å²) in [6.07, 6.45) is 1.99. The van der Waals surface area contributed by atoms with E-state index in [4.69, 9.17) is 0 Å². The molecule has 0 aliphatic heterocycles. The molecule has 2 aromatic rings. The van der Waals surface area contributed by atoms with Crippen molar-refractivity contribution < 1.29 is 18.7 Å². The van der Waals surface area contributed by atoms with Gasteiger partial charge in [0.05, 0.1) is 18.5 Å². The Bertz CT molecular complexity index is 740. The molecule has 0 aliphatic carbocycles. The van der Waals surface area contributed by atoms with Crippen LogP contribution in [0.15, 0.2) is 34.9 Å². The fraction of sp³-hybridized carbons (Fsp3) is 0.133. The van der Waals surface area contributed by atoms with Gasteiger partial charge in [-0.05, 0) is 29.8 Å². The van der Waals surface area contributed by atoms with Crippen molar-refractivity contribution in [2.24, 2.45) is 0 Å². The Kier molecular flexibility index (Phi) is 5.64. The van der Waals surface area contributed by atoms with Gasteiger partial charge in [-0.15, -0.1) is 0 Å². The lowest BCUT2D eigenvalue weighted by atomic mass is 10.2. The van der Waals surface area contributed by atoms with Gasteiger partial charge in [0, 0.05) is 17.2 Å². The molecule has 0 radical (unpaired) electrons. The van der Waals surface area contributed by atoms with Crippen LogP contribution in [0.5, 0.6) is 0 Å². The van der Waals surface area contributed by atoms with E-state index in [0.29, 0.717) is 16.4 Å². The summed E-state index contributed by atoms with van der Waals surface area (Å²) in [5, 5.41) is 5.32. The van der Waals surface area contributed by atoms with Crippen molar-refractivity contribution in [2.75, 3.05) is 12.4 Å². The van der Waals surface area contributed by atoms with E-state index < -0.39 is 11.8 Å². The summed E-state index contributed by atoms with van der Waals surface area (Å²) in [4.78, 5) is 26.2. The molecule has 1 aromatic carbocycles. The second-order valence-corrected chi connectivity index (χ2v) is 5.39. The fourth-order valence-corrected chi connectivity index (χ4v) is 2.19. The molecular weight excluding hydrogens is 369 g/mol. The van der Waals surface area contributed by atoms with Crippen molar-refractivity contribution in [1.82, 2.24) is 10.3 Å². The number of ether oxygens (including phenoxy) is 1. The normalized spacial score (nSPS) is 10.0.